The van der Waals surface area contributed by atoms with Gasteiger partial charge >= 0.3 is 0 Å². The Morgan fingerprint density at radius 2 is 0.889 bits per heavy atom. The van der Waals surface area contributed by atoms with Crippen LogP contribution in [0.25, 0.3) is 0 Å². The summed E-state index contributed by atoms with van der Waals surface area (Å²) in [5, 5.41) is 21.5. The topological polar surface area (TPSA) is 103 Å². The number of ketones is 1. The van der Waals surface area contributed by atoms with Crippen LogP contribution in [-0.4, -0.2) is 15.6 Å². The number of hydrogen-bond donors (Lipinski definition) is 0. The Kier molecular flexibility index (Phi) is 6.96. The molecule has 4 rings (SSSR count). The van der Waals surface area contributed by atoms with E-state index in [4.69, 9.17) is 0 Å². The van der Waals surface area contributed by atoms with Crippen LogP contribution in [0.4, 0.5) is 11.4 Å². The monoisotopic (exact) mass is 472 g/mol. The lowest BCUT2D eigenvalue weighted by atomic mass is 9.99. The molecule has 0 heterocycles. The third-order valence-corrected chi connectivity index (χ3v) is 5.11. The van der Waals surface area contributed by atoms with Gasteiger partial charge in [0.2, 0.25) is 0 Å². The maximum absolute atomic E-state index is 13.1. The minimum Gasteiger partial charge on any atom is -0.289 e. The maximum Gasteiger partial charge on any atom is 0.269 e. The highest BCUT2D eigenvalue weighted by Crippen LogP contribution is 2.15. The highest BCUT2D eigenvalue weighted by molar-refractivity contribution is 6.09. The van der Waals surface area contributed by atoms with E-state index in [9.17, 15) is 25.0 Å². The summed E-state index contributed by atoms with van der Waals surface area (Å²) >= 11 is 0. The molecule has 0 aromatic heterocycles. The molecule has 0 aliphatic rings. The molecule has 0 saturated carbocycles. The molecule has 0 fully saturated rings. The molecule has 0 radical (unpaired) electrons. The molecule has 0 N–H and O–H groups in total. The molecule has 36 heavy (non-hydrogen) atoms. The van der Waals surface area contributed by atoms with Crippen molar-refractivity contribution in [1.82, 2.24) is 0 Å². The van der Waals surface area contributed by atoms with Crippen molar-refractivity contribution in [2.24, 2.45) is 0 Å². The van der Waals surface area contributed by atoms with E-state index in [1.165, 1.54) is 24.3 Å². The first-order chi connectivity index (χ1) is 17.4. The molecular formula is C29H16N2O5. The molecule has 0 spiro atoms. The second-order valence-electron chi connectivity index (χ2n) is 7.60. The average Bonchev–Trinajstić information content (AvgIpc) is 2.91. The Morgan fingerprint density at radius 1 is 0.528 bits per heavy atom. The third-order valence-electron chi connectivity index (χ3n) is 5.11. The summed E-state index contributed by atoms with van der Waals surface area (Å²) in [6, 6.07) is 25.7. The highest BCUT2D eigenvalue weighted by Gasteiger charge is 2.10. The quantitative estimate of drug-likeness (QED) is 0.168. The van der Waals surface area contributed by atoms with Crippen molar-refractivity contribution in [3.63, 3.8) is 0 Å². The van der Waals surface area contributed by atoms with Crippen LogP contribution in [0.1, 0.15) is 38.2 Å². The average molecular weight is 472 g/mol. The fraction of sp³-hybridized carbons (Fsp3) is 0. The van der Waals surface area contributed by atoms with Gasteiger partial charge in [0, 0.05) is 57.6 Å². The first-order valence-electron chi connectivity index (χ1n) is 10.7. The fourth-order valence-corrected chi connectivity index (χ4v) is 3.26. The van der Waals surface area contributed by atoms with Crippen LogP contribution in [0.15, 0.2) is 97.1 Å². The number of hydrogen-bond acceptors (Lipinski definition) is 5. The Hall–Kier alpha value is -5.53. The van der Waals surface area contributed by atoms with Crippen LogP contribution in [0.5, 0.6) is 0 Å². The molecule has 0 aliphatic heterocycles. The van der Waals surface area contributed by atoms with Gasteiger partial charge in [0.05, 0.1) is 9.85 Å². The molecule has 4 aromatic carbocycles. The standard InChI is InChI=1S/C29H16N2O5/c32-29(25-5-1-3-23(19-25)9-7-21-11-15-27(16-12-21)30(33)34)26-6-2-4-24(20-26)10-8-22-13-17-28(18-14-22)31(35)36/h1-6,11-20H. The Balaban J connectivity index is 1.52. The van der Waals surface area contributed by atoms with Crippen molar-refractivity contribution >= 4 is 17.2 Å². The summed E-state index contributed by atoms with van der Waals surface area (Å²) in [6.45, 7) is 0. The molecule has 7 heteroatoms. The van der Waals surface area contributed by atoms with Gasteiger partial charge in [-0.05, 0) is 48.5 Å². The Bertz CT molecular complexity index is 1480. The van der Waals surface area contributed by atoms with Crippen molar-refractivity contribution in [1.29, 1.82) is 0 Å². The van der Waals surface area contributed by atoms with Crippen LogP contribution < -0.4 is 0 Å². The second kappa shape index (κ2) is 10.6. The van der Waals surface area contributed by atoms with Gasteiger partial charge in [0.15, 0.2) is 5.78 Å². The van der Waals surface area contributed by atoms with Crippen LogP contribution in [0.2, 0.25) is 0 Å². The molecule has 0 atom stereocenters. The van der Waals surface area contributed by atoms with Crippen molar-refractivity contribution in [3.05, 3.63) is 151 Å². The van der Waals surface area contributed by atoms with Crippen molar-refractivity contribution in [2.45, 2.75) is 0 Å². The number of nitrogens with zero attached hydrogens (tertiary/aromatic N) is 2. The van der Waals surface area contributed by atoms with Gasteiger partial charge in [0.25, 0.3) is 11.4 Å². The molecule has 7 nitrogen and oxygen atoms in total. The summed E-state index contributed by atoms with van der Waals surface area (Å²) < 4.78 is 0. The predicted molar refractivity (Wildman–Crippen MR) is 134 cm³/mol. The van der Waals surface area contributed by atoms with Crippen molar-refractivity contribution in [3.8, 4) is 23.7 Å². The number of benzene rings is 4. The van der Waals surface area contributed by atoms with E-state index in [0.717, 1.165) is 0 Å². The Morgan fingerprint density at radius 3 is 1.25 bits per heavy atom. The number of rotatable bonds is 4. The summed E-state index contributed by atoms with van der Waals surface area (Å²) in [7, 11) is 0. The number of carbonyl (C=O) groups is 1. The van der Waals surface area contributed by atoms with E-state index >= 15 is 0 Å². The number of nitro benzene ring substituents is 2. The SMILES string of the molecule is O=C(c1cccc(C#Cc2ccc([N+](=O)[O-])cc2)c1)c1cccc(C#Cc2ccc([N+](=O)[O-])cc2)c1. The van der Waals surface area contributed by atoms with Crippen molar-refractivity contribution in [2.75, 3.05) is 0 Å². The van der Waals surface area contributed by atoms with Gasteiger partial charge in [0.1, 0.15) is 0 Å². The molecule has 0 bridgehead atoms. The molecule has 0 saturated heterocycles. The van der Waals surface area contributed by atoms with Crippen LogP contribution >= 0.6 is 0 Å². The van der Waals surface area contributed by atoms with Crippen LogP contribution in [0.3, 0.4) is 0 Å². The lowest BCUT2D eigenvalue weighted by molar-refractivity contribution is -0.385. The van der Waals surface area contributed by atoms with Gasteiger partial charge in [-0.1, -0.05) is 47.9 Å². The lowest BCUT2D eigenvalue weighted by Gasteiger charge is -2.03. The number of nitro groups is 2. The van der Waals surface area contributed by atoms with Gasteiger partial charge in [-0.2, -0.15) is 0 Å². The first kappa shape index (κ1) is 23.6. The van der Waals surface area contributed by atoms with E-state index in [-0.39, 0.29) is 17.2 Å². The van der Waals surface area contributed by atoms with E-state index in [2.05, 4.69) is 23.7 Å². The van der Waals surface area contributed by atoms with E-state index < -0.39 is 9.85 Å². The third kappa shape index (κ3) is 5.88. The zero-order valence-electron chi connectivity index (χ0n) is 18.7. The lowest BCUT2D eigenvalue weighted by Crippen LogP contribution is -2.01. The molecule has 4 aromatic rings. The molecule has 0 unspecified atom stereocenters. The summed E-state index contributed by atoms with van der Waals surface area (Å²) in [5.74, 6) is 11.7. The maximum atomic E-state index is 13.1. The summed E-state index contributed by atoms with van der Waals surface area (Å²) in [5.41, 5.74) is 3.42. The molecular weight excluding hydrogens is 456 g/mol. The van der Waals surface area contributed by atoms with E-state index in [1.807, 2.05) is 0 Å². The van der Waals surface area contributed by atoms with E-state index in [1.54, 1.807) is 72.8 Å². The zero-order valence-corrected chi connectivity index (χ0v) is 18.7. The highest BCUT2D eigenvalue weighted by atomic mass is 16.6. The second-order valence-corrected chi connectivity index (χ2v) is 7.60. The largest absolute Gasteiger partial charge is 0.289 e. The summed E-state index contributed by atoms with van der Waals surface area (Å²) in [6.07, 6.45) is 0. The fourth-order valence-electron chi connectivity index (χ4n) is 3.26. The molecule has 0 amide bonds. The Labute approximate surface area is 206 Å². The minimum absolute atomic E-state index is 0.00666. The number of carbonyl (C=O) groups excluding carboxylic acids is 1. The zero-order chi connectivity index (χ0) is 25.5. The van der Waals surface area contributed by atoms with Gasteiger partial charge in [-0.15, -0.1) is 0 Å². The smallest absolute Gasteiger partial charge is 0.269 e. The first-order valence-corrected chi connectivity index (χ1v) is 10.7. The number of non-ortho nitro benzene ring substituents is 2. The van der Waals surface area contributed by atoms with Gasteiger partial charge in [-0.3, -0.25) is 25.0 Å². The molecule has 0 aliphatic carbocycles. The molecule has 172 valence electrons. The normalized spacial score (nSPS) is 9.78. The minimum atomic E-state index is -0.470. The predicted octanol–water partition coefficient (Wildman–Crippen LogP) is 5.53. The summed E-state index contributed by atoms with van der Waals surface area (Å²) in [4.78, 5) is 33.7. The van der Waals surface area contributed by atoms with E-state index in [0.29, 0.717) is 33.4 Å². The van der Waals surface area contributed by atoms with Crippen molar-refractivity contribution < 1.29 is 14.6 Å². The van der Waals surface area contributed by atoms with Gasteiger partial charge in [-0.25, -0.2) is 0 Å². The van der Waals surface area contributed by atoms with Crippen LogP contribution in [0, 0.1) is 43.9 Å². The van der Waals surface area contributed by atoms with Gasteiger partial charge < -0.3 is 0 Å². The van der Waals surface area contributed by atoms with Crippen LogP contribution in [-0.2, 0) is 0 Å².